The molecule has 0 bridgehead atoms. The van der Waals surface area contributed by atoms with Crippen LogP contribution < -0.4 is 15.8 Å². The number of nitrogens with zero attached hydrogens (tertiary/aromatic N) is 1. The number of rotatable bonds is 7. The highest BCUT2D eigenvalue weighted by atomic mass is 16.6. The molecule has 0 aliphatic rings. The summed E-state index contributed by atoms with van der Waals surface area (Å²) in [4.78, 5) is 21.4. The molecule has 7 nitrogen and oxygen atoms in total. The number of hydrogen-bond acceptors (Lipinski definition) is 5. The lowest BCUT2D eigenvalue weighted by molar-refractivity contribution is -0.385. The lowest BCUT2D eigenvalue weighted by atomic mass is 10.00. The maximum Gasteiger partial charge on any atom is 0.311 e. The predicted molar refractivity (Wildman–Crippen MR) is 75.8 cm³/mol. The van der Waals surface area contributed by atoms with E-state index in [2.05, 4.69) is 5.32 Å². The Kier molecular flexibility index (Phi) is 4.90. The third-order valence-electron chi connectivity index (χ3n) is 2.56. The highest BCUT2D eigenvalue weighted by Crippen LogP contribution is 2.31. The molecule has 0 saturated carbocycles. The maximum absolute atomic E-state index is 11.0. The number of nitro groups is 1. The first-order chi connectivity index (χ1) is 9.25. The van der Waals surface area contributed by atoms with Crippen LogP contribution >= 0.6 is 0 Å². The van der Waals surface area contributed by atoms with Crippen LogP contribution in [0.25, 0.3) is 0 Å². The van der Waals surface area contributed by atoms with Crippen LogP contribution in [0.3, 0.4) is 0 Å². The molecule has 0 radical (unpaired) electrons. The molecule has 0 atom stereocenters. The molecular weight excluding hydrogens is 262 g/mol. The summed E-state index contributed by atoms with van der Waals surface area (Å²) in [6.07, 6.45) is 0.147. The summed E-state index contributed by atoms with van der Waals surface area (Å²) in [6, 6.07) is 4.49. The topological polar surface area (TPSA) is 107 Å². The van der Waals surface area contributed by atoms with E-state index in [9.17, 15) is 14.9 Å². The number of primary amides is 1. The van der Waals surface area contributed by atoms with Gasteiger partial charge in [-0.05, 0) is 26.8 Å². The summed E-state index contributed by atoms with van der Waals surface area (Å²) < 4.78 is 5.26. The number of benzene rings is 1. The Labute approximate surface area is 117 Å². The van der Waals surface area contributed by atoms with Gasteiger partial charge in [-0.1, -0.05) is 0 Å². The quantitative estimate of drug-likeness (QED) is 0.587. The van der Waals surface area contributed by atoms with Crippen molar-refractivity contribution in [2.45, 2.75) is 32.7 Å². The molecular formula is C13H19N3O4. The zero-order valence-electron chi connectivity index (χ0n) is 11.8. The minimum atomic E-state index is -0.550. The van der Waals surface area contributed by atoms with Crippen molar-refractivity contribution in [3.05, 3.63) is 28.3 Å². The number of nitrogens with two attached hydrogens (primary N) is 1. The van der Waals surface area contributed by atoms with Crippen molar-refractivity contribution < 1.29 is 14.5 Å². The van der Waals surface area contributed by atoms with E-state index in [0.29, 0.717) is 12.3 Å². The van der Waals surface area contributed by atoms with E-state index >= 15 is 0 Å². The van der Waals surface area contributed by atoms with E-state index in [-0.39, 0.29) is 17.9 Å². The number of ether oxygens (including phenoxy) is 1. The van der Waals surface area contributed by atoms with Crippen molar-refractivity contribution in [3.63, 3.8) is 0 Å². The van der Waals surface area contributed by atoms with Gasteiger partial charge in [-0.25, -0.2) is 0 Å². The Balaban J connectivity index is 3.00. The number of carbonyl (C=O) groups is 1. The van der Waals surface area contributed by atoms with Crippen molar-refractivity contribution in [1.82, 2.24) is 0 Å². The van der Waals surface area contributed by atoms with Gasteiger partial charge in [-0.3, -0.25) is 14.9 Å². The van der Waals surface area contributed by atoms with Gasteiger partial charge in [0.25, 0.3) is 0 Å². The molecule has 1 aromatic carbocycles. The van der Waals surface area contributed by atoms with E-state index in [1.165, 1.54) is 6.07 Å². The average molecular weight is 281 g/mol. The summed E-state index contributed by atoms with van der Waals surface area (Å²) in [5.41, 5.74) is 5.17. The average Bonchev–Trinajstić information content (AvgIpc) is 2.26. The van der Waals surface area contributed by atoms with Gasteiger partial charge < -0.3 is 15.8 Å². The summed E-state index contributed by atoms with van der Waals surface area (Å²) in [5.74, 6) is -0.230. The SMILES string of the molecule is CCOc1cc(NC(C)(C)CC(N)=O)ccc1[N+](=O)[O-]. The number of carbonyl (C=O) groups excluding carboxylic acids is 1. The summed E-state index contributed by atoms with van der Waals surface area (Å²) >= 11 is 0. The van der Waals surface area contributed by atoms with Gasteiger partial charge >= 0.3 is 5.69 Å². The van der Waals surface area contributed by atoms with Crippen LogP contribution in [-0.4, -0.2) is 23.0 Å². The zero-order valence-corrected chi connectivity index (χ0v) is 11.8. The fourth-order valence-corrected chi connectivity index (χ4v) is 1.88. The summed E-state index contributed by atoms with van der Waals surface area (Å²) in [5, 5.41) is 14.0. The van der Waals surface area contributed by atoms with Crippen LogP contribution in [0.5, 0.6) is 5.75 Å². The van der Waals surface area contributed by atoms with Crippen LogP contribution in [0.2, 0.25) is 0 Å². The summed E-state index contributed by atoms with van der Waals surface area (Å²) in [6.45, 7) is 5.72. The summed E-state index contributed by atoms with van der Waals surface area (Å²) in [7, 11) is 0. The monoisotopic (exact) mass is 281 g/mol. The first kappa shape index (κ1) is 15.7. The molecule has 0 aliphatic heterocycles. The van der Waals surface area contributed by atoms with E-state index in [1.54, 1.807) is 19.1 Å². The lowest BCUT2D eigenvalue weighted by Crippen LogP contribution is -2.35. The van der Waals surface area contributed by atoms with Gasteiger partial charge in [0.2, 0.25) is 5.91 Å². The van der Waals surface area contributed by atoms with Gasteiger partial charge in [0.1, 0.15) is 0 Å². The van der Waals surface area contributed by atoms with Crippen molar-refractivity contribution in [2.24, 2.45) is 5.73 Å². The third-order valence-corrected chi connectivity index (χ3v) is 2.56. The van der Waals surface area contributed by atoms with Crippen molar-refractivity contribution in [1.29, 1.82) is 0 Å². The number of anilines is 1. The maximum atomic E-state index is 11.0. The Hall–Kier alpha value is -2.31. The molecule has 0 fully saturated rings. The largest absolute Gasteiger partial charge is 0.487 e. The van der Waals surface area contributed by atoms with E-state index < -0.39 is 16.4 Å². The highest BCUT2D eigenvalue weighted by molar-refractivity contribution is 5.75. The molecule has 7 heteroatoms. The Morgan fingerprint density at radius 3 is 2.65 bits per heavy atom. The molecule has 0 heterocycles. The van der Waals surface area contributed by atoms with Crippen molar-refractivity contribution >= 4 is 17.3 Å². The number of amides is 1. The van der Waals surface area contributed by atoms with E-state index in [1.807, 2.05) is 13.8 Å². The first-order valence-electron chi connectivity index (χ1n) is 6.23. The van der Waals surface area contributed by atoms with Crippen LogP contribution in [0, 0.1) is 10.1 Å². The molecule has 0 saturated heterocycles. The molecule has 0 unspecified atom stereocenters. The molecule has 0 spiro atoms. The van der Waals surface area contributed by atoms with Gasteiger partial charge in [-0.15, -0.1) is 0 Å². The fraction of sp³-hybridized carbons (Fsp3) is 0.462. The van der Waals surface area contributed by atoms with Crippen LogP contribution in [0.1, 0.15) is 27.2 Å². The molecule has 0 aliphatic carbocycles. The van der Waals surface area contributed by atoms with Gasteiger partial charge in [0.05, 0.1) is 11.5 Å². The highest BCUT2D eigenvalue weighted by Gasteiger charge is 2.22. The third kappa shape index (κ3) is 4.42. The molecule has 3 N–H and O–H groups in total. The second-order valence-electron chi connectivity index (χ2n) is 5.02. The lowest BCUT2D eigenvalue weighted by Gasteiger charge is -2.26. The van der Waals surface area contributed by atoms with Crippen molar-refractivity contribution in [2.75, 3.05) is 11.9 Å². The molecule has 110 valence electrons. The molecule has 1 amide bonds. The Bertz CT molecular complexity index is 514. The normalized spacial score (nSPS) is 10.9. The predicted octanol–water partition coefficient (Wildman–Crippen LogP) is 2.06. The minimum Gasteiger partial charge on any atom is -0.487 e. The first-order valence-corrected chi connectivity index (χ1v) is 6.23. The van der Waals surface area contributed by atoms with Crippen LogP contribution in [-0.2, 0) is 4.79 Å². The zero-order chi connectivity index (χ0) is 15.3. The molecule has 1 rings (SSSR count). The Morgan fingerprint density at radius 1 is 1.50 bits per heavy atom. The fourth-order valence-electron chi connectivity index (χ4n) is 1.88. The number of nitrogens with one attached hydrogen (secondary N) is 1. The number of nitro benzene ring substituents is 1. The molecule has 0 aromatic heterocycles. The van der Waals surface area contributed by atoms with E-state index in [0.717, 1.165) is 0 Å². The molecule has 20 heavy (non-hydrogen) atoms. The molecule has 1 aromatic rings. The minimum absolute atomic E-state index is 0.0925. The van der Waals surface area contributed by atoms with Gasteiger partial charge in [0.15, 0.2) is 5.75 Å². The van der Waals surface area contributed by atoms with Gasteiger partial charge in [-0.2, -0.15) is 0 Å². The van der Waals surface area contributed by atoms with E-state index in [4.69, 9.17) is 10.5 Å². The Morgan fingerprint density at radius 2 is 2.15 bits per heavy atom. The smallest absolute Gasteiger partial charge is 0.311 e. The van der Waals surface area contributed by atoms with Gasteiger partial charge in [0, 0.05) is 29.8 Å². The second-order valence-corrected chi connectivity index (χ2v) is 5.02. The van der Waals surface area contributed by atoms with Crippen LogP contribution in [0.15, 0.2) is 18.2 Å². The van der Waals surface area contributed by atoms with Crippen molar-refractivity contribution in [3.8, 4) is 5.75 Å². The van der Waals surface area contributed by atoms with Crippen LogP contribution in [0.4, 0.5) is 11.4 Å². The standard InChI is InChI=1S/C13H19N3O4/c1-4-20-11-7-9(5-6-10(11)16(18)19)15-13(2,3)8-12(14)17/h5-7,15H,4,8H2,1-3H3,(H2,14,17). The second kappa shape index (κ2) is 6.23. The number of hydrogen-bond donors (Lipinski definition) is 2.